The van der Waals surface area contributed by atoms with E-state index in [9.17, 15) is 0 Å². The summed E-state index contributed by atoms with van der Waals surface area (Å²) in [6.45, 7) is 12.3. The van der Waals surface area contributed by atoms with Crippen molar-refractivity contribution >= 4 is 0 Å². The van der Waals surface area contributed by atoms with E-state index in [2.05, 4.69) is 39.9 Å². The third-order valence-electron chi connectivity index (χ3n) is 1.68. The van der Waals surface area contributed by atoms with Gasteiger partial charge in [0, 0.05) is 5.54 Å². The van der Waals surface area contributed by atoms with Crippen LogP contribution >= 0.6 is 0 Å². The van der Waals surface area contributed by atoms with E-state index in [0.717, 1.165) is 12.5 Å². The minimum atomic E-state index is 0.281. The van der Waals surface area contributed by atoms with Crippen LogP contribution in [-0.2, 0) is 0 Å². The minimum absolute atomic E-state index is 0.281. The number of nitrogens with one attached hydrogen (secondary N) is 1. The van der Waals surface area contributed by atoms with Gasteiger partial charge in [0.15, 0.2) is 0 Å². The zero-order chi connectivity index (χ0) is 8.20. The van der Waals surface area contributed by atoms with E-state index in [0.29, 0.717) is 0 Å². The third-order valence-corrected chi connectivity index (χ3v) is 1.68. The highest BCUT2D eigenvalue weighted by atomic mass is 14.9. The van der Waals surface area contributed by atoms with Gasteiger partial charge >= 0.3 is 0 Å². The van der Waals surface area contributed by atoms with Gasteiger partial charge in [0.25, 0.3) is 0 Å². The predicted octanol–water partition coefficient (Wildman–Crippen LogP) is 2.42. The molecule has 0 spiro atoms. The summed E-state index contributed by atoms with van der Waals surface area (Å²) >= 11 is 0. The average Bonchev–Trinajstić information content (AvgIpc) is 1.81. The first-order valence-corrected chi connectivity index (χ1v) is 4.20. The minimum Gasteiger partial charge on any atom is -0.312 e. The standard InChI is InChI=1S/C9H21N/c1-6-8(2)7-10-9(3,4)5/h8,10H,6-7H2,1-5H3/t8-/m1/s1. The van der Waals surface area contributed by atoms with Gasteiger partial charge in [-0.3, -0.25) is 0 Å². The highest BCUT2D eigenvalue weighted by molar-refractivity contribution is 4.71. The fourth-order valence-corrected chi connectivity index (χ4v) is 0.625. The van der Waals surface area contributed by atoms with E-state index in [-0.39, 0.29) is 5.54 Å². The lowest BCUT2D eigenvalue weighted by Crippen LogP contribution is -2.38. The van der Waals surface area contributed by atoms with Crippen LogP contribution in [0.3, 0.4) is 0 Å². The first-order chi connectivity index (χ1) is 4.45. The highest BCUT2D eigenvalue weighted by Crippen LogP contribution is 2.03. The maximum Gasteiger partial charge on any atom is 0.00966 e. The van der Waals surface area contributed by atoms with Crippen molar-refractivity contribution in [3.63, 3.8) is 0 Å². The molecule has 1 atom stereocenters. The van der Waals surface area contributed by atoms with Crippen LogP contribution in [0.5, 0.6) is 0 Å². The number of hydrogen-bond donors (Lipinski definition) is 1. The molecule has 1 nitrogen and oxygen atoms in total. The molecule has 0 aliphatic rings. The molecule has 1 heteroatoms. The first-order valence-electron chi connectivity index (χ1n) is 4.20. The van der Waals surface area contributed by atoms with Crippen LogP contribution < -0.4 is 5.32 Å². The summed E-state index contributed by atoms with van der Waals surface area (Å²) in [6, 6.07) is 0. The molecule has 0 aliphatic carbocycles. The largest absolute Gasteiger partial charge is 0.312 e. The second-order valence-corrected chi connectivity index (χ2v) is 4.14. The predicted molar refractivity (Wildman–Crippen MR) is 47.2 cm³/mol. The number of hydrogen-bond acceptors (Lipinski definition) is 1. The Hall–Kier alpha value is -0.0400. The zero-order valence-electron chi connectivity index (χ0n) is 7.99. The van der Waals surface area contributed by atoms with Crippen molar-refractivity contribution < 1.29 is 0 Å². The Morgan fingerprint density at radius 3 is 2.10 bits per heavy atom. The lowest BCUT2D eigenvalue weighted by atomic mass is 10.1. The third kappa shape index (κ3) is 6.09. The van der Waals surface area contributed by atoms with E-state index in [1.54, 1.807) is 0 Å². The summed E-state index contributed by atoms with van der Waals surface area (Å²) in [5.41, 5.74) is 0.281. The van der Waals surface area contributed by atoms with E-state index in [1.165, 1.54) is 6.42 Å². The molecule has 0 aromatic rings. The summed E-state index contributed by atoms with van der Waals surface area (Å²) in [5, 5.41) is 3.47. The number of rotatable bonds is 3. The topological polar surface area (TPSA) is 12.0 Å². The summed E-state index contributed by atoms with van der Waals surface area (Å²) in [4.78, 5) is 0. The van der Waals surface area contributed by atoms with Gasteiger partial charge in [-0.15, -0.1) is 0 Å². The van der Waals surface area contributed by atoms with Crippen molar-refractivity contribution in [3.8, 4) is 0 Å². The van der Waals surface area contributed by atoms with Crippen LogP contribution in [0.2, 0.25) is 0 Å². The molecule has 0 saturated heterocycles. The van der Waals surface area contributed by atoms with Crippen molar-refractivity contribution in [2.75, 3.05) is 6.54 Å². The highest BCUT2D eigenvalue weighted by Gasteiger charge is 2.09. The van der Waals surface area contributed by atoms with Gasteiger partial charge in [-0.2, -0.15) is 0 Å². The molecule has 1 N–H and O–H groups in total. The van der Waals surface area contributed by atoms with Crippen molar-refractivity contribution in [2.45, 2.75) is 46.6 Å². The Labute approximate surface area is 65.2 Å². The Kier molecular flexibility index (Phi) is 3.95. The molecule has 10 heavy (non-hydrogen) atoms. The van der Waals surface area contributed by atoms with E-state index >= 15 is 0 Å². The van der Waals surface area contributed by atoms with E-state index in [4.69, 9.17) is 0 Å². The fraction of sp³-hybridized carbons (Fsp3) is 1.00. The molecule has 0 heterocycles. The fourth-order valence-electron chi connectivity index (χ4n) is 0.625. The van der Waals surface area contributed by atoms with Crippen LogP contribution in [0.1, 0.15) is 41.0 Å². The molecule has 0 aromatic heterocycles. The second-order valence-electron chi connectivity index (χ2n) is 4.14. The average molecular weight is 143 g/mol. The molecular formula is C9H21N. The van der Waals surface area contributed by atoms with Crippen molar-refractivity contribution in [3.05, 3.63) is 0 Å². The molecule has 0 saturated carbocycles. The normalized spacial score (nSPS) is 15.3. The van der Waals surface area contributed by atoms with E-state index in [1.807, 2.05) is 0 Å². The Bertz CT molecular complexity index is 81.2. The van der Waals surface area contributed by atoms with Crippen molar-refractivity contribution in [1.82, 2.24) is 5.32 Å². The van der Waals surface area contributed by atoms with E-state index < -0.39 is 0 Å². The lowest BCUT2D eigenvalue weighted by molar-refractivity contribution is 0.378. The summed E-state index contributed by atoms with van der Waals surface area (Å²) < 4.78 is 0. The maximum absolute atomic E-state index is 3.47. The molecule has 0 bridgehead atoms. The van der Waals surface area contributed by atoms with Crippen LogP contribution in [0.15, 0.2) is 0 Å². The SMILES string of the molecule is CC[C@@H](C)CNC(C)(C)C. The molecule has 0 fully saturated rings. The van der Waals surface area contributed by atoms with Gasteiger partial charge < -0.3 is 5.32 Å². The molecule has 0 aromatic carbocycles. The van der Waals surface area contributed by atoms with Gasteiger partial charge in [0.05, 0.1) is 0 Å². The molecule has 0 rings (SSSR count). The first kappa shape index (κ1) is 9.96. The van der Waals surface area contributed by atoms with Crippen LogP contribution in [-0.4, -0.2) is 12.1 Å². The van der Waals surface area contributed by atoms with Gasteiger partial charge in [-0.1, -0.05) is 20.3 Å². The molecule has 0 aliphatic heterocycles. The van der Waals surface area contributed by atoms with Gasteiger partial charge in [0.1, 0.15) is 0 Å². The van der Waals surface area contributed by atoms with Gasteiger partial charge in [0.2, 0.25) is 0 Å². The van der Waals surface area contributed by atoms with Crippen molar-refractivity contribution in [1.29, 1.82) is 0 Å². The van der Waals surface area contributed by atoms with Gasteiger partial charge in [-0.25, -0.2) is 0 Å². The molecule has 0 unspecified atom stereocenters. The van der Waals surface area contributed by atoms with Crippen LogP contribution in [0.25, 0.3) is 0 Å². The van der Waals surface area contributed by atoms with Crippen molar-refractivity contribution in [2.24, 2.45) is 5.92 Å². The summed E-state index contributed by atoms with van der Waals surface area (Å²) in [7, 11) is 0. The smallest absolute Gasteiger partial charge is 0.00966 e. The molecular weight excluding hydrogens is 122 g/mol. The maximum atomic E-state index is 3.47. The molecule has 0 radical (unpaired) electrons. The van der Waals surface area contributed by atoms with Crippen LogP contribution in [0.4, 0.5) is 0 Å². The molecule has 62 valence electrons. The Morgan fingerprint density at radius 1 is 1.30 bits per heavy atom. The monoisotopic (exact) mass is 143 g/mol. The Morgan fingerprint density at radius 2 is 1.80 bits per heavy atom. The summed E-state index contributed by atoms with van der Waals surface area (Å²) in [5.74, 6) is 0.805. The lowest BCUT2D eigenvalue weighted by Gasteiger charge is -2.22. The van der Waals surface area contributed by atoms with Gasteiger partial charge in [-0.05, 0) is 33.2 Å². The zero-order valence-corrected chi connectivity index (χ0v) is 7.99. The van der Waals surface area contributed by atoms with Crippen LogP contribution in [0, 0.1) is 5.92 Å². The summed E-state index contributed by atoms with van der Waals surface area (Å²) in [6.07, 6.45) is 1.27. The molecule has 0 amide bonds. The second kappa shape index (κ2) is 3.97. The Balaban J connectivity index is 3.36. The quantitative estimate of drug-likeness (QED) is 0.640.